The summed E-state index contributed by atoms with van der Waals surface area (Å²) in [5.41, 5.74) is 0.543. The molecule has 0 radical (unpaired) electrons. The Morgan fingerprint density at radius 1 is 0.656 bits per heavy atom. The van der Waals surface area contributed by atoms with E-state index in [0.29, 0.717) is 11.3 Å². The van der Waals surface area contributed by atoms with Crippen LogP contribution in [-0.4, -0.2) is 71.6 Å². The number of nitriles is 1. The van der Waals surface area contributed by atoms with Crippen LogP contribution in [0.15, 0.2) is 109 Å². The van der Waals surface area contributed by atoms with E-state index in [4.69, 9.17) is 14.7 Å². The van der Waals surface area contributed by atoms with E-state index in [1.807, 2.05) is 0 Å². The van der Waals surface area contributed by atoms with Gasteiger partial charge < -0.3 is 51.4 Å². The van der Waals surface area contributed by atoms with Crippen molar-refractivity contribution in [1.82, 2.24) is 5.32 Å². The number of rotatable bonds is 14. The smallest absolute Gasteiger partial charge is 0.339 e. The first-order chi connectivity index (χ1) is 29.2. The number of phenols is 2. The van der Waals surface area contributed by atoms with Gasteiger partial charge in [0, 0.05) is 29.4 Å². The van der Waals surface area contributed by atoms with E-state index in [2.05, 4.69) is 26.6 Å². The Morgan fingerprint density at radius 3 is 1.66 bits per heavy atom. The molecule has 18 heteroatoms. The van der Waals surface area contributed by atoms with Crippen LogP contribution in [0, 0.1) is 11.3 Å². The molecule has 0 aliphatic heterocycles. The van der Waals surface area contributed by atoms with E-state index in [1.54, 1.807) is 36.4 Å². The molecule has 5 rings (SSSR count). The number of halogens is 1. The van der Waals surface area contributed by atoms with Crippen molar-refractivity contribution in [3.63, 3.8) is 0 Å². The zero-order valence-electron chi connectivity index (χ0n) is 32.5. The molecule has 0 atom stereocenters. The minimum Gasteiger partial charge on any atom is -0.504 e. The van der Waals surface area contributed by atoms with Crippen LogP contribution in [0.5, 0.6) is 23.0 Å². The molecule has 61 heavy (non-hydrogen) atoms. The number of nitrogens with one attached hydrogen (secondary N) is 5. The second-order valence-electron chi connectivity index (χ2n) is 12.3. The Morgan fingerprint density at radius 2 is 1.13 bits per heavy atom. The first kappa shape index (κ1) is 45.0. The molecule has 312 valence electrons. The molecule has 17 nitrogen and oxygen atoms in total. The highest BCUT2D eigenvalue weighted by Crippen LogP contribution is 2.40. The summed E-state index contributed by atoms with van der Waals surface area (Å²) < 4.78 is 24.6. The fraction of sp³-hybridized carbons (Fsp3) is 0.0930. The molecule has 0 aliphatic rings. The Hall–Kier alpha value is -8.72. The van der Waals surface area contributed by atoms with Gasteiger partial charge in [-0.05, 0) is 84.4 Å². The minimum atomic E-state index is -1.42. The van der Waals surface area contributed by atoms with Gasteiger partial charge in [0.15, 0.2) is 28.8 Å². The summed E-state index contributed by atoms with van der Waals surface area (Å²) in [7, 11) is 2.36. The van der Waals surface area contributed by atoms with E-state index < -0.39 is 64.9 Å². The van der Waals surface area contributed by atoms with Crippen molar-refractivity contribution in [1.29, 1.82) is 5.26 Å². The fourth-order valence-corrected chi connectivity index (χ4v) is 5.32. The van der Waals surface area contributed by atoms with Gasteiger partial charge in [-0.25, -0.2) is 9.18 Å². The summed E-state index contributed by atoms with van der Waals surface area (Å²) in [6.45, 7) is 1.03. The van der Waals surface area contributed by atoms with Crippen LogP contribution in [-0.2, 0) is 9.59 Å². The van der Waals surface area contributed by atoms with Gasteiger partial charge in [0.05, 0.1) is 43.8 Å². The van der Waals surface area contributed by atoms with E-state index >= 15 is 0 Å². The Kier molecular flexibility index (Phi) is 15.6. The molecular formula is C43H37FN6O11. The van der Waals surface area contributed by atoms with Crippen LogP contribution in [0.4, 0.5) is 27.1 Å². The Balaban J connectivity index is 0.00000265. The van der Waals surface area contributed by atoms with E-state index in [0.717, 1.165) is 19.3 Å². The van der Waals surface area contributed by atoms with Crippen molar-refractivity contribution >= 4 is 64.3 Å². The average Bonchev–Trinajstić information content (AvgIpc) is 3.24. The zero-order chi connectivity index (χ0) is 44.6. The number of hydrogen-bond acceptors (Lipinski definition) is 11. The summed E-state index contributed by atoms with van der Waals surface area (Å²) in [5.74, 6) is -8.00. The molecule has 0 heterocycles. The SMILES string of the molecule is CC#N.COc1c(NC(=O)c2ccc(NC(=O)c3ccc(NC(=O)CNC(=O)c4ccc(NC(=O)/C(F)=C/c5ccccc5)cc4)cc3)c(OC)c2O)ccc(C(=O)O)c1O. The lowest BCUT2D eigenvalue weighted by Gasteiger charge is -2.16. The number of aromatic hydroxyl groups is 2. The summed E-state index contributed by atoms with van der Waals surface area (Å²) in [6, 6.07) is 26.3. The van der Waals surface area contributed by atoms with Gasteiger partial charge in [-0.3, -0.25) is 24.0 Å². The molecule has 5 aromatic carbocycles. The topological polar surface area (TPSA) is 266 Å². The van der Waals surface area contributed by atoms with Crippen LogP contribution in [0.3, 0.4) is 0 Å². The van der Waals surface area contributed by atoms with Crippen molar-refractivity contribution < 1.29 is 58.0 Å². The lowest BCUT2D eigenvalue weighted by Crippen LogP contribution is -2.32. The largest absolute Gasteiger partial charge is 0.504 e. The number of carboxylic acid groups (broad SMARTS) is 1. The lowest BCUT2D eigenvalue weighted by molar-refractivity contribution is -0.115. The average molecular weight is 833 g/mol. The maximum Gasteiger partial charge on any atom is 0.339 e. The third-order valence-corrected chi connectivity index (χ3v) is 8.20. The number of phenolic OH excluding ortho intramolecular Hbond substituents is 1. The second-order valence-corrected chi connectivity index (χ2v) is 12.3. The lowest BCUT2D eigenvalue weighted by atomic mass is 10.1. The van der Waals surface area contributed by atoms with Gasteiger partial charge in [0.2, 0.25) is 5.91 Å². The summed E-state index contributed by atoms with van der Waals surface area (Å²) in [6.07, 6.45) is 1.09. The van der Waals surface area contributed by atoms with Crippen LogP contribution >= 0.6 is 0 Å². The van der Waals surface area contributed by atoms with Crippen LogP contribution < -0.4 is 36.1 Å². The highest BCUT2D eigenvalue weighted by Gasteiger charge is 2.24. The number of anilines is 4. The fourth-order valence-electron chi connectivity index (χ4n) is 5.32. The molecule has 0 unspecified atom stereocenters. The third-order valence-electron chi connectivity index (χ3n) is 8.20. The maximum atomic E-state index is 14.3. The van der Waals surface area contributed by atoms with Crippen LogP contribution in [0.1, 0.15) is 53.9 Å². The Labute approximate surface area is 347 Å². The van der Waals surface area contributed by atoms with Crippen molar-refractivity contribution in [2.45, 2.75) is 6.92 Å². The third kappa shape index (κ3) is 11.9. The molecule has 0 saturated carbocycles. The number of benzene rings is 5. The van der Waals surface area contributed by atoms with Crippen LogP contribution in [0.2, 0.25) is 0 Å². The number of ether oxygens (including phenoxy) is 2. The number of hydrogen-bond donors (Lipinski definition) is 8. The van der Waals surface area contributed by atoms with Gasteiger partial charge in [0.1, 0.15) is 5.56 Å². The molecule has 0 spiro atoms. The molecule has 5 amide bonds. The van der Waals surface area contributed by atoms with Gasteiger partial charge in [0.25, 0.3) is 23.6 Å². The normalized spacial score (nSPS) is 10.4. The molecule has 0 aliphatic carbocycles. The van der Waals surface area contributed by atoms with Crippen LogP contribution in [0.25, 0.3) is 6.08 Å². The highest BCUT2D eigenvalue weighted by molar-refractivity contribution is 6.10. The van der Waals surface area contributed by atoms with Crippen molar-refractivity contribution in [3.8, 4) is 29.1 Å². The van der Waals surface area contributed by atoms with Crippen molar-refractivity contribution in [2.24, 2.45) is 0 Å². The summed E-state index contributed by atoms with van der Waals surface area (Å²) in [5, 5.41) is 50.1. The van der Waals surface area contributed by atoms with Gasteiger partial charge >= 0.3 is 5.97 Å². The quantitative estimate of drug-likeness (QED) is 0.0585. The predicted molar refractivity (Wildman–Crippen MR) is 221 cm³/mol. The number of carboxylic acids is 1. The molecule has 0 bridgehead atoms. The molecule has 0 fully saturated rings. The number of aromatic carboxylic acids is 1. The van der Waals surface area contributed by atoms with E-state index in [1.165, 1.54) is 80.8 Å². The zero-order valence-corrected chi connectivity index (χ0v) is 32.5. The Bertz CT molecular complexity index is 2520. The van der Waals surface area contributed by atoms with Gasteiger partial charge in [-0.15, -0.1) is 0 Å². The summed E-state index contributed by atoms with van der Waals surface area (Å²) >= 11 is 0. The van der Waals surface area contributed by atoms with Gasteiger partial charge in [-0.1, -0.05) is 30.3 Å². The molecule has 5 aromatic rings. The van der Waals surface area contributed by atoms with Gasteiger partial charge in [-0.2, -0.15) is 5.26 Å². The molecular weight excluding hydrogens is 796 g/mol. The molecule has 0 saturated heterocycles. The monoisotopic (exact) mass is 832 g/mol. The van der Waals surface area contributed by atoms with E-state index in [9.17, 15) is 48.5 Å². The molecule has 0 aromatic heterocycles. The standard InChI is InChI=1S/C41H34FN5O11.C2H3N/c1-57-35-30(18-16-27(33(35)49)39(53)47-31-19-17-28(41(55)56)34(50)36(31)58-2)46-38(52)24-10-12-25(13-11-24)44-32(48)21-43-37(51)23-8-14-26(15-9-23)45-40(54)29(42)20-22-6-4-3-5-7-22;1-2-3/h3-20,49-50H,21H2,1-2H3,(H,43,51)(H,44,48)(H,45,54)(H,46,52)(H,47,53)(H,55,56);1H3/b29-20-;. The highest BCUT2D eigenvalue weighted by atomic mass is 19.1. The van der Waals surface area contributed by atoms with Crippen molar-refractivity contribution in [2.75, 3.05) is 42.0 Å². The van der Waals surface area contributed by atoms with Crippen molar-refractivity contribution in [3.05, 3.63) is 137 Å². The minimum absolute atomic E-state index is 0.0000132. The first-order valence-electron chi connectivity index (χ1n) is 17.7. The summed E-state index contributed by atoms with van der Waals surface area (Å²) in [4.78, 5) is 74.8. The number of amides is 5. The van der Waals surface area contributed by atoms with E-state index in [-0.39, 0.29) is 45.3 Å². The first-order valence-corrected chi connectivity index (χ1v) is 17.7. The maximum absolute atomic E-state index is 14.3. The second kappa shape index (κ2) is 21.2. The predicted octanol–water partition coefficient (Wildman–Crippen LogP) is 6.17. The number of carbonyl (C=O) groups is 6. The number of methoxy groups -OCH3 is 2. The number of carbonyl (C=O) groups excluding carboxylic acids is 5. The number of nitrogens with zero attached hydrogens (tertiary/aromatic N) is 1. The molecule has 8 N–H and O–H groups in total.